The van der Waals surface area contributed by atoms with Gasteiger partial charge in [0.25, 0.3) is 5.91 Å². The van der Waals surface area contributed by atoms with Gasteiger partial charge in [-0.05, 0) is 43.0 Å². The Balaban J connectivity index is 1.56. The van der Waals surface area contributed by atoms with Crippen LogP contribution in [0, 0.1) is 5.92 Å². The van der Waals surface area contributed by atoms with E-state index in [0.717, 1.165) is 48.2 Å². The summed E-state index contributed by atoms with van der Waals surface area (Å²) < 4.78 is 6.04. The highest BCUT2D eigenvalue weighted by molar-refractivity contribution is 5.93. The zero-order chi connectivity index (χ0) is 20.2. The van der Waals surface area contributed by atoms with Crippen molar-refractivity contribution in [2.75, 3.05) is 5.32 Å². The number of carbonyl (C=O) groups excluding carboxylic acids is 2. The summed E-state index contributed by atoms with van der Waals surface area (Å²) in [7, 11) is 0. The SMILES string of the molecule is CC[C@@H]1Oc2ccc(NC(=O)C3CCCC3)cc2CN(Cc2ccccc2)C1=O. The molecule has 1 aliphatic carbocycles. The highest BCUT2D eigenvalue weighted by atomic mass is 16.5. The molecule has 2 aliphatic rings. The molecule has 5 nitrogen and oxygen atoms in total. The molecular formula is C24H28N2O3. The molecule has 1 atom stereocenters. The molecule has 1 fully saturated rings. The van der Waals surface area contributed by atoms with E-state index in [1.54, 1.807) is 0 Å². The van der Waals surface area contributed by atoms with Crippen LogP contribution < -0.4 is 10.1 Å². The summed E-state index contributed by atoms with van der Waals surface area (Å²) in [5, 5.41) is 3.06. The van der Waals surface area contributed by atoms with Crippen molar-refractivity contribution >= 4 is 17.5 Å². The van der Waals surface area contributed by atoms with Gasteiger partial charge in [0.2, 0.25) is 5.91 Å². The maximum absolute atomic E-state index is 13.0. The average Bonchev–Trinajstić information content (AvgIpc) is 3.24. The minimum absolute atomic E-state index is 0.00379. The molecule has 4 rings (SSSR count). The third kappa shape index (κ3) is 4.44. The Kier molecular flexibility index (Phi) is 5.84. The number of fused-ring (bicyclic) bond motifs is 1. The predicted molar refractivity (Wildman–Crippen MR) is 112 cm³/mol. The predicted octanol–water partition coefficient (Wildman–Crippen LogP) is 4.52. The number of ether oxygens (including phenoxy) is 1. The van der Waals surface area contributed by atoms with Gasteiger partial charge in [0.1, 0.15) is 5.75 Å². The molecule has 1 saturated carbocycles. The molecule has 2 amide bonds. The Hall–Kier alpha value is -2.82. The van der Waals surface area contributed by atoms with Crippen LogP contribution in [-0.4, -0.2) is 22.8 Å². The zero-order valence-corrected chi connectivity index (χ0v) is 16.9. The first-order chi connectivity index (χ1) is 14.1. The fourth-order valence-electron chi connectivity index (χ4n) is 4.21. The summed E-state index contributed by atoms with van der Waals surface area (Å²) in [6.45, 7) is 2.97. The van der Waals surface area contributed by atoms with Crippen molar-refractivity contribution < 1.29 is 14.3 Å². The summed E-state index contributed by atoms with van der Waals surface area (Å²) in [5.74, 6) is 0.940. The number of hydrogen-bond acceptors (Lipinski definition) is 3. The van der Waals surface area contributed by atoms with Gasteiger partial charge in [-0.2, -0.15) is 0 Å². The van der Waals surface area contributed by atoms with Crippen LogP contribution in [0.5, 0.6) is 5.75 Å². The van der Waals surface area contributed by atoms with Crippen molar-refractivity contribution in [1.29, 1.82) is 0 Å². The van der Waals surface area contributed by atoms with E-state index in [9.17, 15) is 9.59 Å². The summed E-state index contributed by atoms with van der Waals surface area (Å²) in [6.07, 6.45) is 4.33. The quantitative estimate of drug-likeness (QED) is 0.814. The fraction of sp³-hybridized carbons (Fsp3) is 0.417. The minimum Gasteiger partial charge on any atom is -0.480 e. The molecule has 0 bridgehead atoms. The van der Waals surface area contributed by atoms with Gasteiger partial charge in [0.05, 0.1) is 0 Å². The number of rotatable bonds is 5. The highest BCUT2D eigenvalue weighted by Gasteiger charge is 2.30. The normalized spacial score (nSPS) is 19.4. The Morgan fingerprint density at radius 2 is 1.90 bits per heavy atom. The lowest BCUT2D eigenvalue weighted by Crippen LogP contribution is -2.38. The maximum Gasteiger partial charge on any atom is 0.264 e. The van der Waals surface area contributed by atoms with E-state index in [4.69, 9.17) is 4.74 Å². The Morgan fingerprint density at radius 1 is 1.14 bits per heavy atom. The third-order valence-corrected chi connectivity index (χ3v) is 5.86. The largest absolute Gasteiger partial charge is 0.480 e. The summed E-state index contributed by atoms with van der Waals surface area (Å²) in [4.78, 5) is 27.4. The molecule has 5 heteroatoms. The van der Waals surface area contributed by atoms with E-state index < -0.39 is 6.10 Å². The second-order valence-corrected chi connectivity index (χ2v) is 7.99. The van der Waals surface area contributed by atoms with Crippen LogP contribution in [0.3, 0.4) is 0 Å². The van der Waals surface area contributed by atoms with Gasteiger partial charge in [0, 0.05) is 30.3 Å². The van der Waals surface area contributed by atoms with Crippen LogP contribution in [0.25, 0.3) is 0 Å². The van der Waals surface area contributed by atoms with E-state index in [-0.39, 0.29) is 17.7 Å². The van der Waals surface area contributed by atoms with Crippen LogP contribution in [-0.2, 0) is 22.7 Å². The van der Waals surface area contributed by atoms with Crippen molar-refractivity contribution in [2.24, 2.45) is 5.92 Å². The Morgan fingerprint density at radius 3 is 2.62 bits per heavy atom. The molecule has 0 radical (unpaired) electrons. The molecule has 1 N–H and O–H groups in total. The number of hydrogen-bond donors (Lipinski definition) is 1. The number of nitrogens with one attached hydrogen (secondary N) is 1. The van der Waals surface area contributed by atoms with Crippen molar-refractivity contribution in [3.05, 3.63) is 59.7 Å². The third-order valence-electron chi connectivity index (χ3n) is 5.86. The second kappa shape index (κ2) is 8.68. The molecule has 2 aromatic carbocycles. The molecule has 0 spiro atoms. The van der Waals surface area contributed by atoms with Crippen molar-refractivity contribution in [2.45, 2.75) is 58.2 Å². The first-order valence-corrected chi connectivity index (χ1v) is 10.6. The molecule has 1 heterocycles. The van der Waals surface area contributed by atoms with Crippen molar-refractivity contribution in [3.8, 4) is 5.75 Å². The van der Waals surface area contributed by atoms with Crippen LogP contribution in [0.15, 0.2) is 48.5 Å². The molecule has 152 valence electrons. The monoisotopic (exact) mass is 392 g/mol. The number of amides is 2. The van der Waals surface area contributed by atoms with Crippen LogP contribution in [0.2, 0.25) is 0 Å². The number of anilines is 1. The maximum atomic E-state index is 13.0. The van der Waals surface area contributed by atoms with Gasteiger partial charge >= 0.3 is 0 Å². The van der Waals surface area contributed by atoms with Crippen molar-refractivity contribution in [1.82, 2.24) is 4.90 Å². The first kappa shape index (κ1) is 19.5. The van der Waals surface area contributed by atoms with Gasteiger partial charge in [-0.15, -0.1) is 0 Å². The topological polar surface area (TPSA) is 58.6 Å². The minimum atomic E-state index is -0.487. The second-order valence-electron chi connectivity index (χ2n) is 7.99. The zero-order valence-electron chi connectivity index (χ0n) is 16.9. The number of nitrogens with zero attached hydrogens (tertiary/aromatic N) is 1. The van der Waals surface area contributed by atoms with Crippen LogP contribution in [0.1, 0.15) is 50.2 Å². The lowest BCUT2D eigenvalue weighted by molar-refractivity contribution is -0.139. The first-order valence-electron chi connectivity index (χ1n) is 10.6. The fourth-order valence-corrected chi connectivity index (χ4v) is 4.21. The lowest BCUT2D eigenvalue weighted by atomic mass is 10.1. The smallest absolute Gasteiger partial charge is 0.264 e. The van der Waals surface area contributed by atoms with Crippen molar-refractivity contribution in [3.63, 3.8) is 0 Å². The van der Waals surface area contributed by atoms with E-state index in [0.29, 0.717) is 19.5 Å². The summed E-state index contributed by atoms with van der Waals surface area (Å²) in [6, 6.07) is 15.7. The molecule has 0 aromatic heterocycles. The van der Waals surface area contributed by atoms with E-state index >= 15 is 0 Å². The lowest BCUT2D eigenvalue weighted by Gasteiger charge is -2.23. The van der Waals surface area contributed by atoms with E-state index in [2.05, 4.69) is 5.32 Å². The standard InChI is InChI=1S/C24H28N2O3/c1-2-21-24(28)26(15-17-8-4-3-5-9-17)16-19-14-20(12-13-22(19)29-21)25-23(27)18-10-6-7-11-18/h3-5,8-9,12-14,18,21H,2,6-7,10-11,15-16H2,1H3,(H,25,27)/t21-/m0/s1. The molecule has 2 aromatic rings. The van der Waals surface area contributed by atoms with Crippen LogP contribution >= 0.6 is 0 Å². The van der Waals surface area contributed by atoms with Gasteiger partial charge in [-0.25, -0.2) is 0 Å². The number of benzene rings is 2. The van der Waals surface area contributed by atoms with E-state index in [1.807, 2.05) is 60.4 Å². The summed E-state index contributed by atoms with van der Waals surface area (Å²) in [5.41, 5.74) is 2.78. The van der Waals surface area contributed by atoms with Gasteiger partial charge in [0.15, 0.2) is 6.10 Å². The molecule has 0 unspecified atom stereocenters. The van der Waals surface area contributed by atoms with Gasteiger partial charge in [-0.1, -0.05) is 50.1 Å². The van der Waals surface area contributed by atoms with Gasteiger partial charge in [-0.3, -0.25) is 9.59 Å². The summed E-state index contributed by atoms with van der Waals surface area (Å²) >= 11 is 0. The molecule has 0 saturated heterocycles. The van der Waals surface area contributed by atoms with E-state index in [1.165, 1.54) is 0 Å². The Labute approximate surface area is 172 Å². The number of carbonyl (C=O) groups is 2. The molecule has 1 aliphatic heterocycles. The molecular weight excluding hydrogens is 364 g/mol. The average molecular weight is 392 g/mol. The Bertz CT molecular complexity index is 875. The molecule has 29 heavy (non-hydrogen) atoms. The highest BCUT2D eigenvalue weighted by Crippen LogP contribution is 2.31. The van der Waals surface area contributed by atoms with Crippen LogP contribution in [0.4, 0.5) is 5.69 Å². The van der Waals surface area contributed by atoms with Gasteiger partial charge < -0.3 is 15.0 Å².